The van der Waals surface area contributed by atoms with Gasteiger partial charge in [0.15, 0.2) is 0 Å². The average molecular weight is 359 g/mol. The summed E-state index contributed by atoms with van der Waals surface area (Å²) in [6.45, 7) is 0.207. The highest BCUT2D eigenvalue weighted by Gasteiger charge is 2.14. The summed E-state index contributed by atoms with van der Waals surface area (Å²) >= 11 is 3.05. The van der Waals surface area contributed by atoms with Gasteiger partial charge in [0.05, 0.1) is 25.0 Å². The van der Waals surface area contributed by atoms with Crippen molar-refractivity contribution in [1.29, 1.82) is 0 Å². The van der Waals surface area contributed by atoms with Crippen molar-refractivity contribution < 1.29 is 18.0 Å². The molecule has 0 aliphatic rings. The third kappa shape index (κ3) is 4.04. The number of nitrogens with zero attached hydrogens (tertiary/aromatic N) is 1. The van der Waals surface area contributed by atoms with E-state index in [0.29, 0.717) is 12.3 Å². The number of halogens is 3. The van der Waals surface area contributed by atoms with E-state index in [9.17, 15) is 13.6 Å². The van der Waals surface area contributed by atoms with Crippen molar-refractivity contribution in [1.82, 2.24) is 4.90 Å². The first-order chi connectivity index (χ1) is 9.97. The third-order valence-electron chi connectivity index (χ3n) is 2.82. The summed E-state index contributed by atoms with van der Waals surface area (Å²) in [6.07, 6.45) is 1.52. The second-order valence-electron chi connectivity index (χ2n) is 4.43. The van der Waals surface area contributed by atoms with Crippen LogP contribution in [0.5, 0.6) is 0 Å². The van der Waals surface area contributed by atoms with Crippen molar-refractivity contribution in [2.45, 2.75) is 6.54 Å². The molecule has 0 aliphatic carbocycles. The van der Waals surface area contributed by atoms with Crippen LogP contribution >= 0.6 is 15.9 Å². The Labute approximate surface area is 128 Å². The fourth-order valence-corrected chi connectivity index (χ4v) is 2.28. The molecule has 0 bridgehead atoms. The third-order valence-corrected chi connectivity index (χ3v) is 3.45. The molecule has 1 amide bonds. The number of carbonyl (C=O) groups excluding carboxylic acids is 1. The zero-order chi connectivity index (χ0) is 15.4. The molecule has 21 heavy (non-hydrogen) atoms. The van der Waals surface area contributed by atoms with E-state index in [0.717, 1.165) is 12.1 Å². The van der Waals surface area contributed by atoms with E-state index in [4.69, 9.17) is 4.42 Å². The zero-order valence-corrected chi connectivity index (χ0v) is 12.8. The van der Waals surface area contributed by atoms with E-state index in [1.807, 2.05) is 0 Å². The summed E-state index contributed by atoms with van der Waals surface area (Å²) in [5.41, 5.74) is 0.0520. The van der Waals surface area contributed by atoms with Crippen molar-refractivity contribution in [3.8, 4) is 0 Å². The van der Waals surface area contributed by atoms with E-state index >= 15 is 0 Å². The van der Waals surface area contributed by atoms with Crippen LogP contribution in [0.1, 0.15) is 5.76 Å². The smallest absolute Gasteiger partial charge is 0.242 e. The molecule has 112 valence electrons. The molecule has 0 radical (unpaired) electrons. The van der Waals surface area contributed by atoms with Crippen molar-refractivity contribution in [3.63, 3.8) is 0 Å². The van der Waals surface area contributed by atoms with Crippen LogP contribution in [-0.4, -0.2) is 24.4 Å². The number of nitrogens with one attached hydrogen (secondary N) is 1. The highest BCUT2D eigenvalue weighted by atomic mass is 79.9. The average Bonchev–Trinajstić information content (AvgIpc) is 2.89. The maximum Gasteiger partial charge on any atom is 0.242 e. The van der Waals surface area contributed by atoms with Gasteiger partial charge in [-0.05, 0) is 34.1 Å². The number of hydrogen-bond acceptors (Lipinski definition) is 3. The van der Waals surface area contributed by atoms with Crippen LogP contribution < -0.4 is 5.32 Å². The number of rotatable bonds is 5. The van der Waals surface area contributed by atoms with Gasteiger partial charge in [-0.3, -0.25) is 4.79 Å². The number of benzene rings is 1. The van der Waals surface area contributed by atoms with E-state index in [2.05, 4.69) is 21.2 Å². The lowest BCUT2D eigenvalue weighted by molar-refractivity contribution is -0.128. The molecule has 0 saturated heterocycles. The first kappa shape index (κ1) is 15.5. The topological polar surface area (TPSA) is 45.5 Å². The lowest BCUT2D eigenvalue weighted by Gasteiger charge is -2.17. The van der Waals surface area contributed by atoms with Crippen LogP contribution in [0.15, 0.2) is 39.4 Å². The lowest BCUT2D eigenvalue weighted by Crippen LogP contribution is -2.31. The van der Waals surface area contributed by atoms with Crippen LogP contribution in [0, 0.1) is 11.6 Å². The minimum Gasteiger partial charge on any atom is -0.467 e. The van der Waals surface area contributed by atoms with Crippen molar-refractivity contribution in [2.24, 2.45) is 0 Å². The van der Waals surface area contributed by atoms with Gasteiger partial charge < -0.3 is 14.6 Å². The molecular formula is C14H13BrF2N2O2. The van der Waals surface area contributed by atoms with Crippen LogP contribution in [0.2, 0.25) is 0 Å². The predicted molar refractivity (Wildman–Crippen MR) is 77.7 cm³/mol. The molecule has 1 aromatic carbocycles. The Balaban J connectivity index is 1.95. The normalized spacial score (nSPS) is 10.5. The van der Waals surface area contributed by atoms with Crippen molar-refractivity contribution >= 4 is 27.5 Å². The summed E-state index contributed by atoms with van der Waals surface area (Å²) in [5, 5.41) is 2.66. The molecule has 0 saturated carbocycles. The number of furan rings is 1. The zero-order valence-electron chi connectivity index (χ0n) is 11.2. The molecule has 1 heterocycles. The van der Waals surface area contributed by atoms with Gasteiger partial charge in [0.1, 0.15) is 17.4 Å². The highest BCUT2D eigenvalue weighted by Crippen LogP contribution is 2.26. The summed E-state index contributed by atoms with van der Waals surface area (Å²) in [5.74, 6) is -1.04. The number of amides is 1. The Morgan fingerprint density at radius 3 is 2.81 bits per heavy atom. The Hall–Kier alpha value is -1.89. The van der Waals surface area contributed by atoms with Gasteiger partial charge in [-0.1, -0.05) is 0 Å². The molecule has 0 spiro atoms. The first-order valence-electron chi connectivity index (χ1n) is 6.12. The van der Waals surface area contributed by atoms with Crippen LogP contribution in [-0.2, 0) is 11.3 Å². The lowest BCUT2D eigenvalue weighted by atomic mass is 10.3. The Morgan fingerprint density at radius 2 is 2.19 bits per heavy atom. The van der Waals surface area contributed by atoms with Crippen molar-refractivity contribution in [3.05, 3.63) is 52.4 Å². The molecule has 0 aliphatic heterocycles. The van der Waals surface area contributed by atoms with E-state index in [-0.39, 0.29) is 22.6 Å². The van der Waals surface area contributed by atoms with Gasteiger partial charge in [-0.15, -0.1) is 0 Å². The minimum atomic E-state index is -0.761. The summed E-state index contributed by atoms with van der Waals surface area (Å²) in [6, 6.07) is 5.37. The van der Waals surface area contributed by atoms with Crippen LogP contribution in [0.4, 0.5) is 14.5 Å². The SMILES string of the molecule is CN(Cc1ccco1)C(=O)CNc1c(F)cc(F)cc1Br. The van der Waals surface area contributed by atoms with E-state index in [1.54, 1.807) is 19.2 Å². The van der Waals surface area contributed by atoms with Crippen molar-refractivity contribution in [2.75, 3.05) is 18.9 Å². The molecule has 1 N–H and O–H groups in total. The molecule has 1 aromatic heterocycles. The van der Waals surface area contributed by atoms with Crippen LogP contribution in [0.25, 0.3) is 0 Å². The maximum absolute atomic E-state index is 13.6. The Bertz CT molecular complexity index is 609. The molecule has 0 unspecified atom stereocenters. The largest absolute Gasteiger partial charge is 0.467 e. The van der Waals surface area contributed by atoms with Gasteiger partial charge >= 0.3 is 0 Å². The highest BCUT2D eigenvalue weighted by molar-refractivity contribution is 9.10. The molecule has 2 rings (SSSR count). The van der Waals surface area contributed by atoms with Gasteiger partial charge in [0.2, 0.25) is 5.91 Å². The summed E-state index contributed by atoms with van der Waals surface area (Å²) in [4.78, 5) is 13.4. The molecular weight excluding hydrogens is 346 g/mol. The second-order valence-corrected chi connectivity index (χ2v) is 5.28. The molecule has 4 nitrogen and oxygen atoms in total. The van der Waals surface area contributed by atoms with Crippen LogP contribution in [0.3, 0.4) is 0 Å². The fraction of sp³-hybridized carbons (Fsp3) is 0.214. The second kappa shape index (κ2) is 6.71. The van der Waals surface area contributed by atoms with Gasteiger partial charge in [0.25, 0.3) is 0 Å². The van der Waals surface area contributed by atoms with E-state index in [1.165, 1.54) is 11.2 Å². The number of likely N-dealkylation sites (N-methyl/N-ethyl adjacent to an activating group) is 1. The molecule has 2 aromatic rings. The Kier molecular flexibility index (Phi) is 4.95. The van der Waals surface area contributed by atoms with E-state index < -0.39 is 11.6 Å². The summed E-state index contributed by atoms with van der Waals surface area (Å²) in [7, 11) is 1.61. The fourth-order valence-electron chi connectivity index (χ4n) is 1.73. The number of carbonyl (C=O) groups is 1. The quantitative estimate of drug-likeness (QED) is 0.890. The number of anilines is 1. The minimum absolute atomic E-state index is 0.0520. The standard InChI is InChI=1S/C14H13BrF2N2O2/c1-19(8-10-3-2-4-21-10)13(20)7-18-14-11(15)5-9(16)6-12(14)17/h2-6,18H,7-8H2,1H3. The predicted octanol–water partition coefficient (Wildman–Crippen LogP) is 3.39. The maximum atomic E-state index is 13.6. The Morgan fingerprint density at radius 1 is 1.43 bits per heavy atom. The van der Waals surface area contributed by atoms with Gasteiger partial charge in [0, 0.05) is 17.6 Å². The molecule has 7 heteroatoms. The molecule has 0 fully saturated rings. The number of hydrogen-bond donors (Lipinski definition) is 1. The first-order valence-corrected chi connectivity index (χ1v) is 6.91. The van der Waals surface area contributed by atoms with Gasteiger partial charge in [-0.2, -0.15) is 0 Å². The monoisotopic (exact) mass is 358 g/mol. The van der Waals surface area contributed by atoms with Gasteiger partial charge in [-0.25, -0.2) is 8.78 Å². The summed E-state index contributed by atoms with van der Waals surface area (Å²) < 4.78 is 31.9. The molecule has 0 atom stereocenters.